The molecule has 0 radical (unpaired) electrons. The zero-order valence-electron chi connectivity index (χ0n) is 15.7. The normalized spacial score (nSPS) is 21.8. The van der Waals surface area contributed by atoms with Crippen LogP contribution in [0.5, 0.6) is 5.75 Å². The molecule has 0 N–H and O–H groups in total. The number of carbonyl (C=O) groups excluding carboxylic acids is 1. The van der Waals surface area contributed by atoms with Crippen molar-refractivity contribution in [2.75, 3.05) is 11.5 Å². The molecule has 0 bridgehead atoms. The summed E-state index contributed by atoms with van der Waals surface area (Å²) in [4.78, 5) is 20.0. The Morgan fingerprint density at radius 1 is 1.23 bits per heavy atom. The summed E-state index contributed by atoms with van der Waals surface area (Å²) in [7, 11) is 0. The largest absolute Gasteiger partial charge is 0.494 e. The third kappa shape index (κ3) is 2.52. The van der Waals surface area contributed by atoms with Gasteiger partial charge in [-0.25, -0.2) is 4.99 Å². The smallest absolute Gasteiger partial charge is 0.278 e. The standard InChI is InChI=1S/C22H24N2O2/c1-5-26-16-11-17-14(2)13-22(3,4)24-20(17)18(12-16)19(21(24)25)23-15-9-7-6-8-10-15/h6-12,14H,5,13H2,1-4H3/t14-/m0/s1. The molecule has 4 rings (SSSR count). The van der Waals surface area contributed by atoms with Gasteiger partial charge in [-0.15, -0.1) is 0 Å². The molecule has 4 heteroatoms. The molecular formula is C22H24N2O2. The summed E-state index contributed by atoms with van der Waals surface area (Å²) in [6.07, 6.45) is 0.916. The van der Waals surface area contributed by atoms with Crippen LogP contribution < -0.4 is 9.64 Å². The number of para-hydroxylation sites is 1. The number of amides is 1. The third-order valence-electron chi connectivity index (χ3n) is 5.25. The molecule has 134 valence electrons. The predicted molar refractivity (Wildman–Crippen MR) is 105 cm³/mol. The maximum absolute atomic E-state index is 13.3. The third-order valence-corrected chi connectivity index (χ3v) is 5.25. The molecule has 0 unspecified atom stereocenters. The molecule has 2 aromatic carbocycles. The Morgan fingerprint density at radius 3 is 2.65 bits per heavy atom. The second kappa shape index (κ2) is 5.97. The topological polar surface area (TPSA) is 41.9 Å². The maximum atomic E-state index is 13.3. The fourth-order valence-electron chi connectivity index (χ4n) is 4.28. The highest BCUT2D eigenvalue weighted by Crippen LogP contribution is 2.50. The van der Waals surface area contributed by atoms with E-state index in [4.69, 9.17) is 9.73 Å². The number of anilines is 1. The van der Waals surface area contributed by atoms with Crippen molar-refractivity contribution in [1.82, 2.24) is 0 Å². The van der Waals surface area contributed by atoms with Crippen molar-refractivity contribution in [3.05, 3.63) is 53.6 Å². The average molecular weight is 348 g/mol. The van der Waals surface area contributed by atoms with Crippen LogP contribution in [0, 0.1) is 0 Å². The molecule has 0 spiro atoms. The molecule has 0 aliphatic carbocycles. The van der Waals surface area contributed by atoms with Gasteiger partial charge in [0, 0.05) is 11.1 Å². The highest BCUT2D eigenvalue weighted by Gasteiger charge is 2.48. The van der Waals surface area contributed by atoms with Gasteiger partial charge < -0.3 is 9.64 Å². The van der Waals surface area contributed by atoms with E-state index in [1.807, 2.05) is 48.2 Å². The van der Waals surface area contributed by atoms with E-state index >= 15 is 0 Å². The van der Waals surface area contributed by atoms with Gasteiger partial charge in [-0.05, 0) is 62.9 Å². The highest BCUT2D eigenvalue weighted by atomic mass is 16.5. The zero-order valence-corrected chi connectivity index (χ0v) is 15.7. The van der Waals surface area contributed by atoms with Gasteiger partial charge >= 0.3 is 0 Å². The summed E-state index contributed by atoms with van der Waals surface area (Å²) < 4.78 is 5.78. The molecule has 2 aliphatic rings. The van der Waals surface area contributed by atoms with Gasteiger partial charge in [-0.1, -0.05) is 25.1 Å². The van der Waals surface area contributed by atoms with E-state index in [2.05, 4.69) is 26.8 Å². The first-order chi connectivity index (χ1) is 12.4. The van der Waals surface area contributed by atoms with Gasteiger partial charge in [0.2, 0.25) is 0 Å². The van der Waals surface area contributed by atoms with Crippen LogP contribution in [0.1, 0.15) is 51.2 Å². The molecule has 4 nitrogen and oxygen atoms in total. The van der Waals surface area contributed by atoms with Crippen LogP contribution in [0.4, 0.5) is 11.4 Å². The van der Waals surface area contributed by atoms with Crippen molar-refractivity contribution < 1.29 is 9.53 Å². The number of hydrogen-bond donors (Lipinski definition) is 0. The van der Waals surface area contributed by atoms with Crippen molar-refractivity contribution in [3.63, 3.8) is 0 Å². The van der Waals surface area contributed by atoms with E-state index < -0.39 is 0 Å². The Hall–Kier alpha value is -2.62. The van der Waals surface area contributed by atoms with Crippen LogP contribution in [-0.2, 0) is 4.79 Å². The molecule has 2 heterocycles. The molecule has 0 saturated heterocycles. The Balaban J connectivity index is 1.96. The summed E-state index contributed by atoms with van der Waals surface area (Å²) in [6.45, 7) is 9.07. The van der Waals surface area contributed by atoms with Crippen molar-refractivity contribution in [2.24, 2.45) is 4.99 Å². The van der Waals surface area contributed by atoms with Crippen molar-refractivity contribution in [2.45, 2.75) is 45.6 Å². The van der Waals surface area contributed by atoms with Crippen molar-refractivity contribution >= 4 is 23.0 Å². The molecule has 1 atom stereocenters. The first-order valence-corrected chi connectivity index (χ1v) is 9.22. The minimum absolute atomic E-state index is 0.0179. The molecule has 0 saturated carbocycles. The van der Waals surface area contributed by atoms with Gasteiger partial charge in [-0.2, -0.15) is 0 Å². The molecule has 1 amide bonds. The highest BCUT2D eigenvalue weighted by molar-refractivity contribution is 6.55. The molecule has 26 heavy (non-hydrogen) atoms. The number of ether oxygens (including phenoxy) is 1. The van der Waals surface area contributed by atoms with Gasteiger partial charge in [0.15, 0.2) is 0 Å². The lowest BCUT2D eigenvalue weighted by molar-refractivity contribution is -0.113. The van der Waals surface area contributed by atoms with Gasteiger partial charge in [0.05, 0.1) is 18.0 Å². The SMILES string of the molecule is CCOc1cc2c3c(c1)[C@@H](C)CC(C)(C)N3C(=O)C2=Nc1ccccc1. The lowest BCUT2D eigenvalue weighted by Gasteiger charge is -2.43. The number of carbonyl (C=O) groups is 1. The Kier molecular flexibility index (Phi) is 3.87. The lowest BCUT2D eigenvalue weighted by Crippen LogP contribution is -2.50. The number of aliphatic imine (C=N–C) groups is 1. The second-order valence-electron chi connectivity index (χ2n) is 7.70. The number of rotatable bonds is 3. The number of benzene rings is 2. The van der Waals surface area contributed by atoms with Crippen LogP contribution in [0.15, 0.2) is 47.5 Å². The molecule has 2 aromatic rings. The molecule has 2 aliphatic heterocycles. The zero-order chi connectivity index (χ0) is 18.5. The molecule has 0 aromatic heterocycles. The van der Waals surface area contributed by atoms with E-state index in [1.165, 1.54) is 5.56 Å². The quantitative estimate of drug-likeness (QED) is 0.796. The van der Waals surface area contributed by atoms with Gasteiger partial charge in [0.25, 0.3) is 5.91 Å². The summed E-state index contributed by atoms with van der Waals surface area (Å²) in [6, 6.07) is 13.7. The predicted octanol–water partition coefficient (Wildman–Crippen LogP) is 4.84. The first-order valence-electron chi connectivity index (χ1n) is 9.22. The van der Waals surface area contributed by atoms with E-state index in [9.17, 15) is 4.79 Å². The lowest BCUT2D eigenvalue weighted by atomic mass is 9.80. The van der Waals surface area contributed by atoms with Crippen LogP contribution >= 0.6 is 0 Å². The summed E-state index contributed by atoms with van der Waals surface area (Å²) in [5, 5.41) is 0. The average Bonchev–Trinajstić information content (AvgIpc) is 2.87. The van der Waals surface area contributed by atoms with Crippen LogP contribution in [0.3, 0.4) is 0 Å². The summed E-state index contributed by atoms with van der Waals surface area (Å²) >= 11 is 0. The maximum Gasteiger partial charge on any atom is 0.278 e. The van der Waals surface area contributed by atoms with Gasteiger partial charge in [0.1, 0.15) is 11.5 Å². The van der Waals surface area contributed by atoms with Crippen molar-refractivity contribution in [3.8, 4) is 5.75 Å². The minimum Gasteiger partial charge on any atom is -0.494 e. The number of hydrogen-bond acceptors (Lipinski definition) is 3. The first kappa shape index (κ1) is 16.8. The fraction of sp³-hybridized carbons (Fsp3) is 0.364. The summed E-state index contributed by atoms with van der Waals surface area (Å²) in [5.41, 5.74) is 4.14. The van der Waals surface area contributed by atoms with Crippen LogP contribution in [-0.4, -0.2) is 23.8 Å². The minimum atomic E-state index is -0.237. The van der Waals surface area contributed by atoms with E-state index in [0.29, 0.717) is 18.2 Å². The van der Waals surface area contributed by atoms with Crippen LogP contribution in [0.2, 0.25) is 0 Å². The van der Waals surface area contributed by atoms with E-state index in [0.717, 1.165) is 29.1 Å². The number of nitrogens with zero attached hydrogens (tertiary/aromatic N) is 2. The van der Waals surface area contributed by atoms with Crippen LogP contribution in [0.25, 0.3) is 0 Å². The Bertz CT molecular complexity index is 900. The van der Waals surface area contributed by atoms with Gasteiger partial charge in [-0.3, -0.25) is 4.79 Å². The van der Waals surface area contributed by atoms with E-state index in [1.54, 1.807) is 0 Å². The second-order valence-corrected chi connectivity index (χ2v) is 7.70. The fourth-order valence-corrected chi connectivity index (χ4v) is 4.28. The summed E-state index contributed by atoms with van der Waals surface area (Å²) in [5.74, 6) is 1.15. The van der Waals surface area contributed by atoms with Crippen molar-refractivity contribution in [1.29, 1.82) is 0 Å². The Morgan fingerprint density at radius 2 is 1.96 bits per heavy atom. The molecule has 0 fully saturated rings. The molecular weight excluding hydrogens is 324 g/mol. The van der Waals surface area contributed by atoms with E-state index in [-0.39, 0.29) is 11.4 Å². The monoisotopic (exact) mass is 348 g/mol. The Labute approximate surface area is 154 Å².